The van der Waals surface area contributed by atoms with E-state index < -0.39 is 21.5 Å². The van der Waals surface area contributed by atoms with Crippen LogP contribution in [-0.2, 0) is 10.0 Å². The Labute approximate surface area is 124 Å². The number of carboxylic acid groups (broad SMARTS) is 1. The molecule has 1 rings (SSSR count). The number of aromatic carboxylic acids is 1. The standard InChI is InChI=1S/C13H21N3O4S/c1-13(2,16(3)4)8-15-21(19,20)11-6-5-9(14)7-10(11)12(17)18/h5-7,15H,8,14H2,1-4H3,(H,17,18). The molecule has 0 unspecified atom stereocenters. The average molecular weight is 315 g/mol. The first-order valence-corrected chi connectivity index (χ1v) is 7.75. The van der Waals surface area contributed by atoms with Gasteiger partial charge in [0, 0.05) is 17.8 Å². The summed E-state index contributed by atoms with van der Waals surface area (Å²) in [6, 6.07) is 3.69. The van der Waals surface area contributed by atoms with Crippen LogP contribution in [0.4, 0.5) is 5.69 Å². The highest BCUT2D eigenvalue weighted by molar-refractivity contribution is 7.89. The highest BCUT2D eigenvalue weighted by Gasteiger charge is 2.27. The Kier molecular flexibility index (Phi) is 4.98. The van der Waals surface area contributed by atoms with Gasteiger partial charge in [-0.15, -0.1) is 0 Å². The highest BCUT2D eigenvalue weighted by Crippen LogP contribution is 2.19. The number of sulfonamides is 1. The van der Waals surface area contributed by atoms with Gasteiger partial charge in [0.05, 0.1) is 10.5 Å². The number of nitrogens with one attached hydrogen (secondary N) is 1. The van der Waals surface area contributed by atoms with Gasteiger partial charge in [-0.1, -0.05) is 0 Å². The first-order chi connectivity index (χ1) is 9.47. The van der Waals surface area contributed by atoms with Crippen molar-refractivity contribution in [2.75, 3.05) is 26.4 Å². The highest BCUT2D eigenvalue weighted by atomic mass is 32.2. The summed E-state index contributed by atoms with van der Waals surface area (Å²) in [6.45, 7) is 3.89. The Morgan fingerprint density at radius 3 is 2.43 bits per heavy atom. The Hall–Kier alpha value is -1.64. The molecule has 118 valence electrons. The van der Waals surface area contributed by atoms with Crippen molar-refractivity contribution >= 4 is 21.7 Å². The minimum absolute atomic E-state index is 0.145. The molecular weight excluding hydrogens is 294 g/mol. The van der Waals surface area contributed by atoms with Crippen LogP contribution in [0.25, 0.3) is 0 Å². The fraction of sp³-hybridized carbons (Fsp3) is 0.462. The van der Waals surface area contributed by atoms with Gasteiger partial charge < -0.3 is 15.7 Å². The Morgan fingerprint density at radius 2 is 1.95 bits per heavy atom. The van der Waals surface area contributed by atoms with E-state index in [1.807, 2.05) is 32.8 Å². The monoisotopic (exact) mass is 315 g/mol. The molecule has 0 radical (unpaired) electrons. The first-order valence-electron chi connectivity index (χ1n) is 6.27. The van der Waals surface area contributed by atoms with Gasteiger partial charge >= 0.3 is 5.97 Å². The van der Waals surface area contributed by atoms with Crippen LogP contribution >= 0.6 is 0 Å². The molecule has 21 heavy (non-hydrogen) atoms. The summed E-state index contributed by atoms with van der Waals surface area (Å²) >= 11 is 0. The molecule has 0 heterocycles. The lowest BCUT2D eigenvalue weighted by Gasteiger charge is -2.32. The van der Waals surface area contributed by atoms with E-state index in [0.29, 0.717) is 0 Å². The Balaban J connectivity index is 3.12. The van der Waals surface area contributed by atoms with Crippen molar-refractivity contribution < 1.29 is 18.3 Å². The number of nitrogens with two attached hydrogens (primary N) is 1. The summed E-state index contributed by atoms with van der Waals surface area (Å²) in [6.07, 6.45) is 0. The molecule has 0 saturated carbocycles. The van der Waals surface area contributed by atoms with Crippen molar-refractivity contribution in [1.82, 2.24) is 9.62 Å². The largest absolute Gasteiger partial charge is 0.478 e. The molecule has 1 aromatic carbocycles. The maximum atomic E-state index is 12.3. The fourth-order valence-electron chi connectivity index (χ4n) is 1.46. The molecule has 0 fully saturated rings. The number of hydrogen-bond acceptors (Lipinski definition) is 5. The van der Waals surface area contributed by atoms with Crippen LogP contribution in [0.3, 0.4) is 0 Å². The second kappa shape index (κ2) is 6.00. The summed E-state index contributed by atoms with van der Waals surface area (Å²) in [5.74, 6) is -1.34. The zero-order valence-electron chi connectivity index (χ0n) is 12.5. The minimum atomic E-state index is -3.93. The van der Waals surface area contributed by atoms with Crippen LogP contribution in [0.5, 0.6) is 0 Å². The third-order valence-corrected chi connectivity index (χ3v) is 4.89. The SMILES string of the molecule is CN(C)C(C)(C)CNS(=O)(=O)c1ccc(N)cc1C(=O)O. The first kappa shape index (κ1) is 17.4. The Bertz CT molecular complexity index is 639. The van der Waals surface area contributed by atoms with E-state index in [9.17, 15) is 13.2 Å². The van der Waals surface area contributed by atoms with Gasteiger partial charge in [-0.2, -0.15) is 0 Å². The van der Waals surface area contributed by atoms with E-state index in [4.69, 9.17) is 10.8 Å². The van der Waals surface area contributed by atoms with Gasteiger partial charge in [0.25, 0.3) is 0 Å². The van der Waals surface area contributed by atoms with Crippen molar-refractivity contribution in [2.45, 2.75) is 24.3 Å². The van der Waals surface area contributed by atoms with Crippen LogP contribution in [0.15, 0.2) is 23.1 Å². The molecule has 0 aromatic heterocycles. The fourth-order valence-corrected chi connectivity index (χ4v) is 2.84. The van der Waals surface area contributed by atoms with Gasteiger partial charge in [0.1, 0.15) is 0 Å². The molecule has 4 N–H and O–H groups in total. The van der Waals surface area contributed by atoms with Gasteiger partial charge in [-0.25, -0.2) is 17.9 Å². The van der Waals surface area contributed by atoms with Crippen molar-refractivity contribution in [3.05, 3.63) is 23.8 Å². The van der Waals surface area contributed by atoms with Gasteiger partial charge in [-0.05, 0) is 46.1 Å². The molecule has 0 aliphatic rings. The predicted molar refractivity (Wildman–Crippen MR) is 80.8 cm³/mol. The van der Waals surface area contributed by atoms with E-state index in [0.717, 1.165) is 6.07 Å². The molecule has 7 nitrogen and oxygen atoms in total. The quantitative estimate of drug-likeness (QED) is 0.662. The zero-order valence-corrected chi connectivity index (χ0v) is 13.4. The average Bonchev–Trinajstić information content (AvgIpc) is 2.36. The van der Waals surface area contributed by atoms with Gasteiger partial charge in [0.15, 0.2) is 0 Å². The summed E-state index contributed by atoms with van der Waals surface area (Å²) in [5, 5.41) is 9.11. The number of likely N-dealkylation sites (N-methyl/N-ethyl adjacent to an activating group) is 1. The molecule has 0 aliphatic carbocycles. The number of benzene rings is 1. The summed E-state index contributed by atoms with van der Waals surface area (Å²) in [4.78, 5) is 12.8. The lowest BCUT2D eigenvalue weighted by atomic mass is 10.1. The van der Waals surface area contributed by atoms with Crippen LogP contribution in [-0.4, -0.2) is 50.6 Å². The number of carbonyl (C=O) groups is 1. The van der Waals surface area contributed by atoms with Crippen LogP contribution < -0.4 is 10.5 Å². The number of rotatable bonds is 6. The molecular formula is C13H21N3O4S. The lowest BCUT2D eigenvalue weighted by Crippen LogP contribution is -2.48. The topological polar surface area (TPSA) is 113 Å². The van der Waals surface area contributed by atoms with E-state index in [2.05, 4.69) is 4.72 Å². The van der Waals surface area contributed by atoms with E-state index >= 15 is 0 Å². The smallest absolute Gasteiger partial charge is 0.337 e. The molecule has 0 amide bonds. The maximum Gasteiger partial charge on any atom is 0.337 e. The zero-order chi connectivity index (χ0) is 16.4. The lowest BCUT2D eigenvalue weighted by molar-refractivity contribution is 0.0692. The van der Waals surface area contributed by atoms with Crippen molar-refractivity contribution in [3.63, 3.8) is 0 Å². The molecule has 0 aliphatic heterocycles. The van der Waals surface area contributed by atoms with Crippen LogP contribution in [0.1, 0.15) is 24.2 Å². The molecule has 0 spiro atoms. The molecule has 1 aromatic rings. The van der Waals surface area contributed by atoms with Gasteiger partial charge in [0.2, 0.25) is 10.0 Å². The number of hydrogen-bond donors (Lipinski definition) is 3. The second-order valence-electron chi connectivity index (χ2n) is 5.59. The van der Waals surface area contributed by atoms with Crippen molar-refractivity contribution in [2.24, 2.45) is 0 Å². The number of nitrogen functional groups attached to an aromatic ring is 1. The van der Waals surface area contributed by atoms with E-state index in [-0.39, 0.29) is 22.7 Å². The molecule has 0 saturated heterocycles. The molecule has 8 heteroatoms. The summed E-state index contributed by atoms with van der Waals surface area (Å²) in [7, 11) is -0.265. The van der Waals surface area contributed by atoms with E-state index in [1.54, 1.807) is 0 Å². The van der Waals surface area contributed by atoms with Crippen LogP contribution in [0.2, 0.25) is 0 Å². The van der Waals surface area contributed by atoms with E-state index in [1.165, 1.54) is 12.1 Å². The second-order valence-corrected chi connectivity index (χ2v) is 7.33. The normalized spacial score (nSPS) is 12.6. The third kappa shape index (κ3) is 4.16. The van der Waals surface area contributed by atoms with Gasteiger partial charge in [-0.3, -0.25) is 0 Å². The minimum Gasteiger partial charge on any atom is -0.478 e. The maximum absolute atomic E-state index is 12.3. The van der Waals surface area contributed by atoms with Crippen LogP contribution in [0, 0.1) is 0 Å². The predicted octanol–water partition coefficient (Wildman–Crippen LogP) is 0.586. The Morgan fingerprint density at radius 1 is 1.38 bits per heavy atom. The van der Waals surface area contributed by atoms with Crippen molar-refractivity contribution in [1.29, 1.82) is 0 Å². The third-order valence-electron chi connectivity index (χ3n) is 3.43. The number of anilines is 1. The number of nitrogens with zero attached hydrogens (tertiary/aromatic N) is 1. The number of carboxylic acids is 1. The summed E-state index contributed by atoms with van der Waals surface area (Å²) in [5.41, 5.74) is 4.95. The molecule has 0 atom stereocenters. The molecule has 0 bridgehead atoms. The van der Waals surface area contributed by atoms with Crippen molar-refractivity contribution in [3.8, 4) is 0 Å². The summed E-state index contributed by atoms with van der Waals surface area (Å²) < 4.78 is 27.0.